The summed E-state index contributed by atoms with van der Waals surface area (Å²) in [7, 11) is 0. The van der Waals surface area contributed by atoms with Crippen molar-refractivity contribution in [2.45, 2.75) is 50.9 Å². The molecule has 1 nitrogen and oxygen atoms in total. The third-order valence-corrected chi connectivity index (χ3v) is 5.69. The van der Waals surface area contributed by atoms with Gasteiger partial charge in [0.05, 0.1) is 0 Å². The van der Waals surface area contributed by atoms with Gasteiger partial charge in [-0.3, -0.25) is 0 Å². The fourth-order valence-corrected chi connectivity index (χ4v) is 4.35. The van der Waals surface area contributed by atoms with Gasteiger partial charge in [-0.15, -0.1) is 11.3 Å². The highest BCUT2D eigenvalue weighted by Gasteiger charge is 2.38. The van der Waals surface area contributed by atoms with Gasteiger partial charge in [0.1, 0.15) is 5.01 Å². The lowest BCUT2D eigenvalue weighted by Gasteiger charge is -2.36. The van der Waals surface area contributed by atoms with Gasteiger partial charge in [0.2, 0.25) is 0 Å². The number of hydrogen-bond acceptors (Lipinski definition) is 2. The molecule has 1 fully saturated rings. The number of benzene rings is 1. The Labute approximate surface area is 119 Å². The molecular formula is C17H21NS. The molecule has 0 atom stereocenters. The van der Waals surface area contributed by atoms with Crippen LogP contribution in [0.25, 0.3) is 0 Å². The molecule has 2 aromatic rings. The van der Waals surface area contributed by atoms with Crippen LogP contribution in [-0.4, -0.2) is 4.98 Å². The van der Waals surface area contributed by atoms with Crippen molar-refractivity contribution >= 4 is 11.3 Å². The van der Waals surface area contributed by atoms with E-state index in [0.717, 1.165) is 6.42 Å². The molecule has 0 aliphatic heterocycles. The molecule has 0 amide bonds. The fourth-order valence-electron chi connectivity index (χ4n) is 3.23. The molecule has 1 saturated carbocycles. The predicted molar refractivity (Wildman–Crippen MR) is 81.8 cm³/mol. The summed E-state index contributed by atoms with van der Waals surface area (Å²) in [6, 6.07) is 11.0. The van der Waals surface area contributed by atoms with Gasteiger partial charge in [0.25, 0.3) is 0 Å². The standard InChI is InChI=1S/C17H21NS/c1-2-15-13-18-16(19-15)17(11-7-4-8-12-17)14-9-5-3-6-10-14/h3,5-6,9-10,13H,2,4,7-8,11-12H2,1H3. The van der Waals surface area contributed by atoms with Crippen LogP contribution in [0, 0.1) is 0 Å². The summed E-state index contributed by atoms with van der Waals surface area (Å²) < 4.78 is 0. The molecule has 1 aromatic heterocycles. The van der Waals surface area contributed by atoms with Gasteiger partial charge in [-0.25, -0.2) is 4.98 Å². The zero-order valence-corrected chi connectivity index (χ0v) is 12.4. The van der Waals surface area contributed by atoms with E-state index >= 15 is 0 Å². The van der Waals surface area contributed by atoms with Crippen molar-refractivity contribution < 1.29 is 0 Å². The molecule has 2 heteroatoms. The number of thiazole rings is 1. The first-order valence-corrected chi connectivity index (χ1v) is 8.17. The van der Waals surface area contributed by atoms with Gasteiger partial charge >= 0.3 is 0 Å². The van der Waals surface area contributed by atoms with Crippen LogP contribution in [0.15, 0.2) is 36.5 Å². The van der Waals surface area contributed by atoms with E-state index in [1.165, 1.54) is 47.6 Å². The van der Waals surface area contributed by atoms with Crippen molar-refractivity contribution in [2.24, 2.45) is 0 Å². The lowest BCUT2D eigenvalue weighted by molar-refractivity contribution is 0.345. The van der Waals surface area contributed by atoms with Crippen LogP contribution in [0.2, 0.25) is 0 Å². The first-order valence-electron chi connectivity index (χ1n) is 7.36. The van der Waals surface area contributed by atoms with Crippen molar-refractivity contribution in [1.82, 2.24) is 4.98 Å². The summed E-state index contributed by atoms with van der Waals surface area (Å²) in [6.07, 6.45) is 9.73. The fraction of sp³-hybridized carbons (Fsp3) is 0.471. The summed E-state index contributed by atoms with van der Waals surface area (Å²) in [6.45, 7) is 2.22. The van der Waals surface area contributed by atoms with Crippen LogP contribution in [0.4, 0.5) is 0 Å². The molecule has 0 radical (unpaired) electrons. The molecule has 3 rings (SSSR count). The maximum Gasteiger partial charge on any atom is 0.103 e. The molecule has 100 valence electrons. The van der Waals surface area contributed by atoms with Gasteiger partial charge in [-0.2, -0.15) is 0 Å². The summed E-state index contributed by atoms with van der Waals surface area (Å²) in [5.41, 5.74) is 1.66. The van der Waals surface area contributed by atoms with Crippen LogP contribution >= 0.6 is 11.3 Å². The van der Waals surface area contributed by atoms with E-state index in [1.54, 1.807) is 0 Å². The van der Waals surface area contributed by atoms with Gasteiger partial charge < -0.3 is 0 Å². The van der Waals surface area contributed by atoms with Gasteiger partial charge in [-0.1, -0.05) is 56.5 Å². The van der Waals surface area contributed by atoms with E-state index in [9.17, 15) is 0 Å². The van der Waals surface area contributed by atoms with Crippen molar-refractivity contribution in [3.8, 4) is 0 Å². The van der Waals surface area contributed by atoms with E-state index in [1.807, 2.05) is 11.3 Å². The maximum atomic E-state index is 4.78. The highest BCUT2D eigenvalue weighted by molar-refractivity contribution is 7.11. The van der Waals surface area contributed by atoms with E-state index in [4.69, 9.17) is 4.98 Å². The first kappa shape index (κ1) is 12.9. The molecule has 0 unspecified atom stereocenters. The van der Waals surface area contributed by atoms with Crippen LogP contribution in [0.1, 0.15) is 54.5 Å². The molecule has 1 aliphatic carbocycles. The third-order valence-electron chi connectivity index (χ3n) is 4.34. The van der Waals surface area contributed by atoms with Gasteiger partial charge in [0, 0.05) is 16.5 Å². The molecule has 0 spiro atoms. The summed E-state index contributed by atoms with van der Waals surface area (Å²) >= 11 is 1.92. The zero-order valence-electron chi connectivity index (χ0n) is 11.6. The van der Waals surface area contributed by atoms with Crippen molar-refractivity contribution in [3.63, 3.8) is 0 Å². The topological polar surface area (TPSA) is 12.9 Å². The quantitative estimate of drug-likeness (QED) is 0.769. The lowest BCUT2D eigenvalue weighted by Crippen LogP contribution is -2.30. The average Bonchev–Trinajstić information content (AvgIpc) is 2.98. The van der Waals surface area contributed by atoms with E-state index < -0.39 is 0 Å². The highest BCUT2D eigenvalue weighted by Crippen LogP contribution is 2.46. The van der Waals surface area contributed by atoms with Crippen molar-refractivity contribution in [3.05, 3.63) is 52.0 Å². The largest absolute Gasteiger partial charge is 0.248 e. The minimum atomic E-state index is 0.192. The Morgan fingerprint density at radius 2 is 1.84 bits per heavy atom. The first-order chi connectivity index (χ1) is 9.35. The molecule has 1 aromatic carbocycles. The van der Waals surface area contributed by atoms with Gasteiger partial charge in [0.15, 0.2) is 0 Å². The predicted octanol–water partition coefficient (Wildman–Crippen LogP) is 4.96. The molecule has 0 saturated heterocycles. The zero-order chi connectivity index (χ0) is 13.1. The Bertz CT molecular complexity index is 523. The van der Waals surface area contributed by atoms with Crippen molar-refractivity contribution in [1.29, 1.82) is 0 Å². The van der Waals surface area contributed by atoms with Crippen LogP contribution in [0.5, 0.6) is 0 Å². The minimum absolute atomic E-state index is 0.192. The molecular weight excluding hydrogens is 250 g/mol. The van der Waals surface area contributed by atoms with Crippen molar-refractivity contribution in [2.75, 3.05) is 0 Å². The Balaban J connectivity index is 2.06. The number of rotatable bonds is 3. The van der Waals surface area contributed by atoms with E-state index in [-0.39, 0.29) is 5.41 Å². The Kier molecular flexibility index (Phi) is 3.69. The maximum absolute atomic E-state index is 4.78. The Morgan fingerprint density at radius 1 is 1.11 bits per heavy atom. The number of aryl methyl sites for hydroxylation is 1. The van der Waals surface area contributed by atoms with Crippen LogP contribution < -0.4 is 0 Å². The smallest absolute Gasteiger partial charge is 0.103 e. The summed E-state index contributed by atoms with van der Waals surface area (Å²) in [5.74, 6) is 0. The number of nitrogens with zero attached hydrogens (tertiary/aromatic N) is 1. The van der Waals surface area contributed by atoms with E-state index in [2.05, 4.69) is 43.5 Å². The monoisotopic (exact) mass is 271 g/mol. The second-order valence-corrected chi connectivity index (χ2v) is 6.61. The minimum Gasteiger partial charge on any atom is -0.248 e. The molecule has 0 bridgehead atoms. The Hall–Kier alpha value is -1.15. The third kappa shape index (κ3) is 2.34. The Morgan fingerprint density at radius 3 is 2.47 bits per heavy atom. The number of aromatic nitrogens is 1. The summed E-state index contributed by atoms with van der Waals surface area (Å²) in [4.78, 5) is 6.19. The van der Waals surface area contributed by atoms with Crippen LogP contribution in [0.3, 0.4) is 0 Å². The molecule has 0 N–H and O–H groups in total. The molecule has 19 heavy (non-hydrogen) atoms. The molecule has 1 heterocycles. The average molecular weight is 271 g/mol. The number of hydrogen-bond donors (Lipinski definition) is 0. The molecule has 1 aliphatic rings. The second kappa shape index (κ2) is 5.46. The summed E-state index contributed by atoms with van der Waals surface area (Å²) in [5, 5.41) is 1.34. The van der Waals surface area contributed by atoms with Gasteiger partial charge in [-0.05, 0) is 24.8 Å². The van der Waals surface area contributed by atoms with E-state index in [0.29, 0.717) is 0 Å². The van der Waals surface area contributed by atoms with Crippen LogP contribution in [-0.2, 0) is 11.8 Å². The second-order valence-electron chi connectivity index (χ2n) is 5.49. The highest BCUT2D eigenvalue weighted by atomic mass is 32.1. The lowest BCUT2D eigenvalue weighted by atomic mass is 9.70. The SMILES string of the molecule is CCc1cnc(C2(c3ccccc3)CCCCC2)s1. The normalized spacial score (nSPS) is 18.4.